The molecule has 1 amide bonds. The highest BCUT2D eigenvalue weighted by Crippen LogP contribution is 2.23. The maximum atomic E-state index is 12.8. The van der Waals surface area contributed by atoms with Gasteiger partial charge in [-0.2, -0.15) is 0 Å². The van der Waals surface area contributed by atoms with Gasteiger partial charge in [0.2, 0.25) is 0 Å². The summed E-state index contributed by atoms with van der Waals surface area (Å²) < 4.78 is 11.4. The Labute approximate surface area is 143 Å². The van der Waals surface area contributed by atoms with E-state index in [1.807, 2.05) is 12.1 Å². The van der Waals surface area contributed by atoms with Gasteiger partial charge in [0.05, 0.1) is 18.5 Å². The number of para-hydroxylation sites is 1. The maximum absolute atomic E-state index is 12.8. The fourth-order valence-corrected chi connectivity index (χ4v) is 2.98. The number of aromatic nitrogens is 1. The molecule has 0 bridgehead atoms. The fraction of sp³-hybridized carbons (Fsp3) is 0.211. The van der Waals surface area contributed by atoms with Crippen LogP contribution in [0.5, 0.6) is 0 Å². The number of rotatable bonds is 2. The van der Waals surface area contributed by atoms with Crippen LogP contribution >= 0.6 is 0 Å². The van der Waals surface area contributed by atoms with Gasteiger partial charge >= 0.3 is 0 Å². The molecule has 0 radical (unpaired) electrons. The molecule has 0 unspecified atom stereocenters. The largest absolute Gasteiger partial charge is 0.451 e. The van der Waals surface area contributed by atoms with E-state index in [9.17, 15) is 9.59 Å². The number of morpholine rings is 1. The molecule has 126 valence electrons. The van der Waals surface area contributed by atoms with Crippen LogP contribution in [0.4, 0.5) is 0 Å². The van der Waals surface area contributed by atoms with Crippen molar-refractivity contribution in [1.82, 2.24) is 9.88 Å². The first-order valence-electron chi connectivity index (χ1n) is 8.06. The van der Waals surface area contributed by atoms with Gasteiger partial charge in [0.15, 0.2) is 11.2 Å². The monoisotopic (exact) mass is 336 g/mol. The quantitative estimate of drug-likeness (QED) is 0.718. The van der Waals surface area contributed by atoms with Gasteiger partial charge in [-0.3, -0.25) is 14.6 Å². The summed E-state index contributed by atoms with van der Waals surface area (Å²) in [6, 6.07) is 11.9. The molecule has 1 aliphatic rings. The third kappa shape index (κ3) is 3.04. The Bertz CT molecular complexity index is 968. The summed E-state index contributed by atoms with van der Waals surface area (Å²) in [5, 5.41) is 0.468. The summed E-state index contributed by atoms with van der Waals surface area (Å²) in [6.07, 6.45) is 3.18. The van der Waals surface area contributed by atoms with Crippen molar-refractivity contribution < 1.29 is 13.9 Å². The maximum Gasteiger partial charge on any atom is 0.289 e. The van der Waals surface area contributed by atoms with E-state index in [0.29, 0.717) is 30.7 Å². The molecule has 1 aromatic carbocycles. The third-order valence-corrected chi connectivity index (χ3v) is 4.28. The summed E-state index contributed by atoms with van der Waals surface area (Å²) in [5.41, 5.74) is 1.16. The zero-order valence-corrected chi connectivity index (χ0v) is 13.4. The van der Waals surface area contributed by atoms with Gasteiger partial charge in [0.25, 0.3) is 5.91 Å². The number of benzene rings is 1. The summed E-state index contributed by atoms with van der Waals surface area (Å²) in [6.45, 7) is 1.28. The van der Waals surface area contributed by atoms with Gasteiger partial charge in [0, 0.05) is 25.0 Å². The molecule has 0 N–H and O–H groups in total. The molecular formula is C19H16N2O4. The van der Waals surface area contributed by atoms with Crippen molar-refractivity contribution in [1.29, 1.82) is 0 Å². The number of hydrogen-bond donors (Lipinski definition) is 0. The van der Waals surface area contributed by atoms with Crippen molar-refractivity contribution in [3.8, 4) is 0 Å². The van der Waals surface area contributed by atoms with Gasteiger partial charge in [-0.1, -0.05) is 12.1 Å². The molecule has 3 heterocycles. The Morgan fingerprint density at radius 3 is 2.80 bits per heavy atom. The van der Waals surface area contributed by atoms with Crippen molar-refractivity contribution in [2.45, 2.75) is 6.10 Å². The molecule has 0 saturated carbocycles. The molecule has 4 rings (SSSR count). The van der Waals surface area contributed by atoms with Crippen molar-refractivity contribution in [3.63, 3.8) is 0 Å². The van der Waals surface area contributed by atoms with Gasteiger partial charge in [-0.15, -0.1) is 0 Å². The molecular weight excluding hydrogens is 320 g/mol. The zero-order chi connectivity index (χ0) is 17.2. The van der Waals surface area contributed by atoms with Crippen LogP contribution in [0.3, 0.4) is 0 Å². The molecule has 1 aliphatic heterocycles. The minimum Gasteiger partial charge on any atom is -0.451 e. The van der Waals surface area contributed by atoms with Gasteiger partial charge in [0.1, 0.15) is 11.7 Å². The average Bonchev–Trinajstić information content (AvgIpc) is 2.68. The predicted octanol–water partition coefficient (Wildman–Crippen LogP) is 2.40. The molecule has 1 saturated heterocycles. The van der Waals surface area contributed by atoms with Crippen molar-refractivity contribution in [2.24, 2.45) is 0 Å². The number of hydrogen-bond acceptors (Lipinski definition) is 5. The fourth-order valence-electron chi connectivity index (χ4n) is 2.98. The first-order chi connectivity index (χ1) is 12.2. The first-order valence-corrected chi connectivity index (χ1v) is 8.06. The lowest BCUT2D eigenvalue weighted by Gasteiger charge is -2.32. The minimum absolute atomic E-state index is 0.0547. The van der Waals surface area contributed by atoms with Crippen LogP contribution in [0.1, 0.15) is 22.2 Å². The Balaban J connectivity index is 1.61. The second kappa shape index (κ2) is 6.49. The molecule has 6 nitrogen and oxygen atoms in total. The van der Waals surface area contributed by atoms with Crippen LogP contribution in [-0.4, -0.2) is 35.5 Å². The van der Waals surface area contributed by atoms with Crippen LogP contribution in [0.15, 0.2) is 64.1 Å². The standard InChI is InChI=1S/C19H16N2O4/c22-15-11-17(25-16-4-2-1-3-14(15)16)19(23)21-9-10-24-18(12-21)13-5-7-20-8-6-13/h1-8,11,18H,9-10,12H2/t18-/m0/s1. The molecule has 25 heavy (non-hydrogen) atoms. The SMILES string of the molecule is O=C(c1cc(=O)c2ccccc2o1)N1CCO[C@H](c2ccncc2)C1. The lowest BCUT2D eigenvalue weighted by atomic mass is 10.1. The molecule has 6 heteroatoms. The lowest BCUT2D eigenvalue weighted by molar-refractivity contribution is -0.0237. The number of nitrogens with zero attached hydrogens (tertiary/aromatic N) is 2. The average molecular weight is 336 g/mol. The van der Waals surface area contributed by atoms with E-state index < -0.39 is 0 Å². The van der Waals surface area contributed by atoms with E-state index in [-0.39, 0.29) is 23.2 Å². The van der Waals surface area contributed by atoms with Crippen molar-refractivity contribution in [2.75, 3.05) is 19.7 Å². The van der Waals surface area contributed by atoms with E-state index in [2.05, 4.69) is 4.98 Å². The summed E-state index contributed by atoms with van der Waals surface area (Å²) >= 11 is 0. The van der Waals surface area contributed by atoms with Gasteiger partial charge in [-0.25, -0.2) is 0 Å². The predicted molar refractivity (Wildman–Crippen MR) is 91.3 cm³/mol. The Morgan fingerprint density at radius 1 is 1.16 bits per heavy atom. The van der Waals surface area contributed by atoms with Crippen LogP contribution < -0.4 is 5.43 Å². The second-order valence-electron chi connectivity index (χ2n) is 5.86. The van der Waals surface area contributed by atoms with E-state index in [1.165, 1.54) is 6.07 Å². The lowest BCUT2D eigenvalue weighted by Crippen LogP contribution is -2.42. The van der Waals surface area contributed by atoms with Gasteiger partial charge < -0.3 is 14.1 Å². The first kappa shape index (κ1) is 15.5. The summed E-state index contributed by atoms with van der Waals surface area (Å²) in [7, 11) is 0. The topological polar surface area (TPSA) is 72.6 Å². The van der Waals surface area contributed by atoms with E-state index in [0.717, 1.165) is 5.56 Å². The number of amides is 1. The highest BCUT2D eigenvalue weighted by Gasteiger charge is 2.27. The van der Waals surface area contributed by atoms with Crippen LogP contribution in [-0.2, 0) is 4.74 Å². The molecule has 0 spiro atoms. The Kier molecular flexibility index (Phi) is 4.03. The highest BCUT2D eigenvalue weighted by molar-refractivity contribution is 5.93. The third-order valence-electron chi connectivity index (χ3n) is 4.28. The smallest absolute Gasteiger partial charge is 0.289 e. The highest BCUT2D eigenvalue weighted by atomic mass is 16.5. The Morgan fingerprint density at radius 2 is 1.96 bits per heavy atom. The van der Waals surface area contributed by atoms with Crippen molar-refractivity contribution >= 4 is 16.9 Å². The number of ether oxygens (including phenoxy) is 1. The molecule has 1 fully saturated rings. The molecule has 3 aromatic rings. The number of pyridine rings is 1. The zero-order valence-electron chi connectivity index (χ0n) is 13.4. The summed E-state index contributed by atoms with van der Waals surface area (Å²) in [4.78, 5) is 30.7. The van der Waals surface area contributed by atoms with Crippen LogP contribution in [0.2, 0.25) is 0 Å². The number of carbonyl (C=O) groups excluding carboxylic acids is 1. The summed E-state index contributed by atoms with van der Waals surface area (Å²) in [5.74, 6) is -0.246. The molecule has 0 aliphatic carbocycles. The van der Waals surface area contributed by atoms with E-state index in [1.54, 1.807) is 41.6 Å². The van der Waals surface area contributed by atoms with E-state index in [4.69, 9.17) is 9.15 Å². The van der Waals surface area contributed by atoms with Gasteiger partial charge in [-0.05, 0) is 29.8 Å². The minimum atomic E-state index is -0.301. The molecule has 2 aromatic heterocycles. The van der Waals surface area contributed by atoms with Crippen LogP contribution in [0, 0.1) is 0 Å². The van der Waals surface area contributed by atoms with E-state index >= 15 is 0 Å². The number of carbonyl (C=O) groups is 1. The Hall–Kier alpha value is -2.99. The van der Waals surface area contributed by atoms with Crippen molar-refractivity contribution in [3.05, 3.63) is 76.4 Å². The van der Waals surface area contributed by atoms with Crippen LogP contribution in [0.25, 0.3) is 11.0 Å². The number of fused-ring (bicyclic) bond motifs is 1. The normalized spacial score (nSPS) is 17.6. The second-order valence-corrected chi connectivity index (χ2v) is 5.86. The molecule has 1 atom stereocenters.